The third-order valence-electron chi connectivity index (χ3n) is 8.86. The lowest BCUT2D eigenvalue weighted by molar-refractivity contribution is -0.141. The van der Waals surface area contributed by atoms with Crippen LogP contribution in [-0.2, 0) is 17.8 Å². The first-order valence-electron chi connectivity index (χ1n) is 13.8. The Morgan fingerprint density at radius 3 is 2.55 bits per heavy atom. The van der Waals surface area contributed by atoms with Gasteiger partial charge in [-0.25, -0.2) is 19.9 Å². The van der Waals surface area contributed by atoms with Crippen molar-refractivity contribution in [1.82, 2.24) is 29.7 Å². The molecule has 4 aliphatic heterocycles. The molecular weight excluding hydrogens is 480 g/mol. The highest BCUT2D eigenvalue weighted by Crippen LogP contribution is 2.42. The molecule has 2 N–H and O–H groups in total. The van der Waals surface area contributed by atoms with Gasteiger partial charge in [-0.1, -0.05) is 6.07 Å². The van der Waals surface area contributed by atoms with Gasteiger partial charge in [0.25, 0.3) is 0 Å². The van der Waals surface area contributed by atoms with Crippen molar-refractivity contribution in [2.75, 3.05) is 30.4 Å². The smallest absolute Gasteiger partial charge is 0.240 e. The number of hydrogen-bond donors (Lipinski definition) is 2. The van der Waals surface area contributed by atoms with E-state index in [-0.39, 0.29) is 11.9 Å². The number of aliphatic hydroxyl groups excluding tert-OH is 1. The van der Waals surface area contributed by atoms with E-state index in [0.29, 0.717) is 42.6 Å². The van der Waals surface area contributed by atoms with Crippen molar-refractivity contribution >= 4 is 34.4 Å². The first-order chi connectivity index (χ1) is 18.4. The van der Waals surface area contributed by atoms with Crippen LogP contribution in [0, 0.1) is 0 Å². The Balaban J connectivity index is 1.15. The van der Waals surface area contributed by atoms with Crippen LogP contribution in [0.1, 0.15) is 62.1 Å². The number of fused-ring (bicyclic) bond motifs is 4. The number of carbonyl (C=O) groups is 1. The molecule has 38 heavy (non-hydrogen) atoms. The first-order valence-corrected chi connectivity index (χ1v) is 13.8. The van der Waals surface area contributed by atoms with Crippen LogP contribution in [0.5, 0.6) is 0 Å². The number of pyridine rings is 2. The third-order valence-corrected chi connectivity index (χ3v) is 8.86. The number of anilines is 3. The zero-order chi connectivity index (χ0) is 26.0. The summed E-state index contributed by atoms with van der Waals surface area (Å²) < 4.78 is 0. The zero-order valence-corrected chi connectivity index (χ0v) is 22.0. The van der Waals surface area contributed by atoms with Crippen molar-refractivity contribution in [3.8, 4) is 0 Å². The summed E-state index contributed by atoms with van der Waals surface area (Å²) in [5, 5.41) is 14.5. The van der Waals surface area contributed by atoms with Crippen molar-refractivity contribution in [1.29, 1.82) is 0 Å². The van der Waals surface area contributed by atoms with E-state index in [0.717, 1.165) is 47.4 Å². The molecule has 0 radical (unpaired) electrons. The van der Waals surface area contributed by atoms with E-state index >= 15 is 0 Å². The summed E-state index contributed by atoms with van der Waals surface area (Å²) in [6, 6.07) is 6.89. The van der Waals surface area contributed by atoms with Crippen LogP contribution in [-0.4, -0.2) is 79.0 Å². The second kappa shape index (κ2) is 9.13. The fraction of sp³-hybridized carbons (Fsp3) is 0.536. The molecule has 7 heterocycles. The Kier molecular flexibility index (Phi) is 5.70. The van der Waals surface area contributed by atoms with E-state index in [1.165, 1.54) is 25.7 Å². The minimum atomic E-state index is -0.656. The van der Waals surface area contributed by atoms with Gasteiger partial charge in [-0.3, -0.25) is 9.69 Å². The lowest BCUT2D eigenvalue weighted by atomic mass is 10.00. The molecule has 4 aliphatic rings. The monoisotopic (exact) mass is 514 g/mol. The Morgan fingerprint density at radius 2 is 1.87 bits per heavy atom. The number of aliphatic hydroxyl groups is 1. The minimum absolute atomic E-state index is 0.0299. The predicted molar refractivity (Wildman–Crippen MR) is 144 cm³/mol. The standard InChI is InChI=1S/C28H34N8O2/c1-16(37)22-13-18-14-29-28(33-25(18)26(31-22)36-19-4-5-20(36)7-6-19)32-24-8-3-17-15-35(12-9-21(17)30-24)27(38)23-10-11-34(23)2/h3,8,13-14,16,19-20,23,37H,4-7,9-12,15H2,1-2H3,(H,29,30,32,33)/t16?,19?,20?,23-/m1/s1. The Hall–Kier alpha value is -3.37. The summed E-state index contributed by atoms with van der Waals surface area (Å²) >= 11 is 0. The Morgan fingerprint density at radius 1 is 1.08 bits per heavy atom. The van der Waals surface area contributed by atoms with Gasteiger partial charge in [-0.15, -0.1) is 0 Å². The van der Waals surface area contributed by atoms with Crippen LogP contribution in [0.15, 0.2) is 24.4 Å². The van der Waals surface area contributed by atoms with E-state index < -0.39 is 6.10 Å². The molecule has 2 bridgehead atoms. The molecule has 10 heteroatoms. The van der Waals surface area contributed by atoms with Gasteiger partial charge in [-0.2, -0.15) is 0 Å². The number of likely N-dealkylation sites (N-methyl/N-ethyl adjacent to an activating group) is 1. The second-order valence-electron chi connectivity index (χ2n) is 11.3. The molecule has 2 atom stereocenters. The Bertz CT molecular complexity index is 1390. The molecule has 3 aromatic rings. The Labute approximate surface area is 222 Å². The summed E-state index contributed by atoms with van der Waals surface area (Å²) in [7, 11) is 2.01. The van der Waals surface area contributed by atoms with Crippen LogP contribution in [0.3, 0.4) is 0 Å². The van der Waals surface area contributed by atoms with Crippen LogP contribution in [0.2, 0.25) is 0 Å². The SMILES string of the molecule is CC(O)c1cc2cnc(Nc3ccc4c(n3)CCN(C(=O)[C@H]3CCN3C)C4)nc2c(N2C3CCC2CC3)n1. The maximum absolute atomic E-state index is 12.9. The number of likely N-dealkylation sites (tertiary alicyclic amines) is 1. The molecule has 1 amide bonds. The van der Waals surface area contributed by atoms with Crippen LogP contribution in [0.4, 0.5) is 17.6 Å². The number of rotatable bonds is 5. The lowest BCUT2D eigenvalue weighted by Gasteiger charge is -2.40. The number of amides is 1. The number of nitrogens with zero attached hydrogens (tertiary/aromatic N) is 7. The van der Waals surface area contributed by atoms with Gasteiger partial charge in [-0.05, 0) is 63.8 Å². The molecule has 0 spiro atoms. The number of nitrogens with one attached hydrogen (secondary N) is 1. The van der Waals surface area contributed by atoms with E-state index in [1.54, 1.807) is 13.1 Å². The fourth-order valence-corrected chi connectivity index (χ4v) is 6.58. The second-order valence-corrected chi connectivity index (χ2v) is 11.3. The molecule has 198 valence electrons. The topological polar surface area (TPSA) is 111 Å². The summed E-state index contributed by atoms with van der Waals surface area (Å²) in [5.41, 5.74) is 3.56. The van der Waals surface area contributed by atoms with Crippen molar-refractivity contribution in [3.63, 3.8) is 0 Å². The highest BCUT2D eigenvalue weighted by Gasteiger charge is 2.41. The van der Waals surface area contributed by atoms with E-state index in [4.69, 9.17) is 15.0 Å². The molecule has 7 rings (SSSR count). The quantitative estimate of drug-likeness (QED) is 0.531. The van der Waals surface area contributed by atoms with E-state index in [2.05, 4.69) is 26.2 Å². The van der Waals surface area contributed by atoms with E-state index in [1.807, 2.05) is 24.1 Å². The molecule has 0 aliphatic carbocycles. The molecule has 3 saturated heterocycles. The average molecular weight is 515 g/mol. The van der Waals surface area contributed by atoms with Crippen molar-refractivity contribution in [2.45, 2.75) is 76.2 Å². The van der Waals surface area contributed by atoms with Gasteiger partial charge < -0.3 is 20.2 Å². The van der Waals surface area contributed by atoms with Crippen molar-refractivity contribution < 1.29 is 9.90 Å². The molecular formula is C28H34N8O2. The maximum Gasteiger partial charge on any atom is 0.240 e. The van der Waals surface area contributed by atoms with Gasteiger partial charge >= 0.3 is 0 Å². The first kappa shape index (κ1) is 23.7. The third kappa shape index (κ3) is 3.97. The highest BCUT2D eigenvalue weighted by atomic mass is 16.3. The largest absolute Gasteiger partial charge is 0.387 e. The predicted octanol–water partition coefficient (Wildman–Crippen LogP) is 2.94. The maximum atomic E-state index is 12.9. The van der Waals surface area contributed by atoms with Crippen molar-refractivity contribution in [2.24, 2.45) is 0 Å². The summed E-state index contributed by atoms with van der Waals surface area (Å²) in [6.07, 6.45) is 7.56. The van der Waals surface area contributed by atoms with Gasteiger partial charge in [0.15, 0.2) is 5.82 Å². The molecule has 3 fully saturated rings. The molecule has 3 aromatic heterocycles. The minimum Gasteiger partial charge on any atom is -0.387 e. The zero-order valence-electron chi connectivity index (χ0n) is 22.0. The molecule has 10 nitrogen and oxygen atoms in total. The van der Waals surface area contributed by atoms with E-state index in [9.17, 15) is 9.90 Å². The number of aromatic nitrogens is 4. The number of carbonyl (C=O) groups excluding carboxylic acids is 1. The normalized spacial score (nSPS) is 25.4. The van der Waals surface area contributed by atoms with Gasteiger partial charge in [0.2, 0.25) is 11.9 Å². The van der Waals surface area contributed by atoms with Crippen LogP contribution >= 0.6 is 0 Å². The van der Waals surface area contributed by atoms with Gasteiger partial charge in [0, 0.05) is 55.4 Å². The summed E-state index contributed by atoms with van der Waals surface area (Å²) in [4.78, 5) is 38.6. The van der Waals surface area contributed by atoms with Crippen LogP contribution < -0.4 is 10.2 Å². The highest BCUT2D eigenvalue weighted by molar-refractivity contribution is 5.90. The molecule has 1 unspecified atom stereocenters. The average Bonchev–Trinajstić information content (AvgIpc) is 3.51. The van der Waals surface area contributed by atoms with Crippen LogP contribution in [0.25, 0.3) is 10.9 Å². The lowest BCUT2D eigenvalue weighted by Crippen LogP contribution is -2.55. The van der Waals surface area contributed by atoms with Crippen molar-refractivity contribution in [3.05, 3.63) is 41.3 Å². The van der Waals surface area contributed by atoms with Gasteiger partial charge in [0.05, 0.1) is 17.8 Å². The van der Waals surface area contributed by atoms with Gasteiger partial charge in [0.1, 0.15) is 11.3 Å². The summed E-state index contributed by atoms with van der Waals surface area (Å²) in [5.74, 6) is 2.25. The molecule has 0 saturated carbocycles. The fourth-order valence-electron chi connectivity index (χ4n) is 6.58. The number of hydrogen-bond acceptors (Lipinski definition) is 9. The summed E-state index contributed by atoms with van der Waals surface area (Å²) in [6.45, 7) is 4.04. The molecule has 0 aromatic carbocycles.